The number of halogens is 2. The maximum absolute atomic E-state index is 14.1. The van der Waals surface area contributed by atoms with E-state index in [-0.39, 0.29) is 16.8 Å². The van der Waals surface area contributed by atoms with Crippen LogP contribution in [0.25, 0.3) is 0 Å². The van der Waals surface area contributed by atoms with Crippen LogP contribution in [0.2, 0.25) is 0 Å². The predicted molar refractivity (Wildman–Crippen MR) is 81.6 cm³/mol. The van der Waals surface area contributed by atoms with Gasteiger partial charge in [-0.2, -0.15) is 0 Å². The van der Waals surface area contributed by atoms with Crippen molar-refractivity contribution in [2.45, 2.75) is 57.0 Å². The van der Waals surface area contributed by atoms with E-state index in [4.69, 9.17) is 0 Å². The molecular formula is C17H24F2N2. The molecule has 1 N–H and O–H groups in total. The molecule has 0 radical (unpaired) electrons. The maximum atomic E-state index is 14.1. The summed E-state index contributed by atoms with van der Waals surface area (Å²) in [4.78, 5) is 1.91. The van der Waals surface area contributed by atoms with Gasteiger partial charge < -0.3 is 10.2 Å². The van der Waals surface area contributed by atoms with Gasteiger partial charge in [0, 0.05) is 24.2 Å². The van der Waals surface area contributed by atoms with Gasteiger partial charge in [-0.1, -0.05) is 25.3 Å². The molecule has 1 aromatic rings. The highest BCUT2D eigenvalue weighted by molar-refractivity contribution is 5.51. The Morgan fingerprint density at radius 2 is 1.62 bits per heavy atom. The number of nitrogens with one attached hydrogen (secondary N) is 1. The highest BCUT2D eigenvalue weighted by atomic mass is 19.1. The number of anilines is 1. The first-order chi connectivity index (χ1) is 9.91. The summed E-state index contributed by atoms with van der Waals surface area (Å²) in [6, 6.07) is 4.12. The van der Waals surface area contributed by atoms with Crippen LogP contribution in [-0.4, -0.2) is 24.2 Å². The summed E-state index contributed by atoms with van der Waals surface area (Å²) in [5.74, 6) is -0.919. The summed E-state index contributed by atoms with van der Waals surface area (Å²) < 4.78 is 28.3. The number of hydrogen-bond donors (Lipinski definition) is 1. The summed E-state index contributed by atoms with van der Waals surface area (Å²) in [7, 11) is 0. The van der Waals surface area contributed by atoms with Crippen molar-refractivity contribution < 1.29 is 8.78 Å². The zero-order valence-corrected chi connectivity index (χ0v) is 12.9. The lowest BCUT2D eigenvalue weighted by molar-refractivity contribution is 0.145. The van der Waals surface area contributed by atoms with Crippen molar-refractivity contribution in [2.24, 2.45) is 0 Å². The number of piperazine rings is 1. The van der Waals surface area contributed by atoms with E-state index in [2.05, 4.69) is 19.2 Å². The quantitative estimate of drug-likeness (QED) is 0.846. The Hall–Kier alpha value is -1.16. The molecule has 0 atom stereocenters. The summed E-state index contributed by atoms with van der Waals surface area (Å²) in [6.07, 6.45) is 5.82. The molecule has 0 aromatic heterocycles. The Morgan fingerprint density at radius 3 is 2.24 bits per heavy atom. The van der Waals surface area contributed by atoms with E-state index in [1.807, 2.05) is 4.90 Å². The number of benzene rings is 1. The van der Waals surface area contributed by atoms with Crippen LogP contribution in [0.5, 0.6) is 0 Å². The molecule has 21 heavy (non-hydrogen) atoms. The van der Waals surface area contributed by atoms with Gasteiger partial charge >= 0.3 is 0 Å². The number of nitrogens with zero attached hydrogens (tertiary/aromatic N) is 1. The van der Waals surface area contributed by atoms with E-state index < -0.39 is 11.6 Å². The number of hydrogen-bond acceptors (Lipinski definition) is 2. The van der Waals surface area contributed by atoms with Crippen LogP contribution in [0.15, 0.2) is 18.2 Å². The van der Waals surface area contributed by atoms with Gasteiger partial charge in [-0.15, -0.1) is 0 Å². The molecule has 0 bridgehead atoms. The molecule has 1 aliphatic heterocycles. The Balaban J connectivity index is 1.95. The van der Waals surface area contributed by atoms with Crippen LogP contribution < -0.4 is 10.2 Å². The third kappa shape index (κ3) is 2.91. The second kappa shape index (κ2) is 5.24. The van der Waals surface area contributed by atoms with Crippen molar-refractivity contribution in [3.8, 4) is 0 Å². The fourth-order valence-corrected chi connectivity index (χ4v) is 4.16. The van der Waals surface area contributed by atoms with Crippen LogP contribution in [0.3, 0.4) is 0 Å². The standard InChI is InChI=1S/C17H24F2N2/c1-16(2)11-21(15-13(18)7-6-8-14(15)19)12-17(20-16)9-4-3-5-10-17/h6-8,20H,3-5,9-12H2,1-2H3. The molecule has 2 nitrogen and oxygen atoms in total. The lowest BCUT2D eigenvalue weighted by Gasteiger charge is -2.53. The Morgan fingerprint density at radius 1 is 1.00 bits per heavy atom. The predicted octanol–water partition coefficient (Wildman–Crippen LogP) is 3.86. The van der Waals surface area contributed by atoms with Gasteiger partial charge in [0.1, 0.15) is 17.3 Å². The van der Waals surface area contributed by atoms with E-state index in [0.29, 0.717) is 13.1 Å². The van der Waals surface area contributed by atoms with Gasteiger partial charge in [-0.3, -0.25) is 0 Å². The van der Waals surface area contributed by atoms with Crippen molar-refractivity contribution in [2.75, 3.05) is 18.0 Å². The number of para-hydroxylation sites is 1. The fraction of sp³-hybridized carbons (Fsp3) is 0.647. The average molecular weight is 294 g/mol. The second-order valence-corrected chi connectivity index (χ2v) is 7.28. The summed E-state index contributed by atoms with van der Waals surface area (Å²) in [5, 5.41) is 3.76. The van der Waals surface area contributed by atoms with Crippen molar-refractivity contribution in [1.29, 1.82) is 0 Å². The first-order valence-corrected chi connectivity index (χ1v) is 7.89. The molecule has 2 aliphatic rings. The number of rotatable bonds is 1. The SMILES string of the molecule is CC1(C)CN(c2c(F)cccc2F)CC2(CCCCC2)N1. The highest BCUT2D eigenvalue weighted by Gasteiger charge is 2.44. The van der Waals surface area contributed by atoms with Gasteiger partial charge in [0.25, 0.3) is 0 Å². The van der Waals surface area contributed by atoms with Gasteiger partial charge in [0.2, 0.25) is 0 Å². The molecule has 2 fully saturated rings. The zero-order chi connectivity index (χ0) is 15.1. The molecule has 1 aromatic carbocycles. The van der Waals surface area contributed by atoms with Gasteiger partial charge in [-0.25, -0.2) is 8.78 Å². The normalized spacial score (nSPS) is 24.3. The lowest BCUT2D eigenvalue weighted by Crippen LogP contribution is -2.69. The highest BCUT2D eigenvalue weighted by Crippen LogP contribution is 2.37. The van der Waals surface area contributed by atoms with Gasteiger partial charge in [-0.05, 0) is 38.8 Å². The van der Waals surface area contributed by atoms with Crippen molar-refractivity contribution >= 4 is 5.69 Å². The average Bonchev–Trinajstić information content (AvgIpc) is 2.37. The van der Waals surface area contributed by atoms with Crippen LogP contribution >= 0.6 is 0 Å². The van der Waals surface area contributed by atoms with Crippen molar-refractivity contribution in [3.05, 3.63) is 29.8 Å². The molecule has 1 spiro atoms. The summed E-state index contributed by atoms with van der Waals surface area (Å²) in [5.41, 5.74) is -0.0176. The minimum Gasteiger partial charge on any atom is -0.363 e. The molecular weight excluding hydrogens is 270 g/mol. The monoisotopic (exact) mass is 294 g/mol. The lowest BCUT2D eigenvalue weighted by atomic mass is 9.77. The topological polar surface area (TPSA) is 15.3 Å². The van der Waals surface area contributed by atoms with E-state index >= 15 is 0 Å². The Bertz CT molecular complexity index is 501. The molecule has 3 rings (SSSR count). The molecule has 0 amide bonds. The molecule has 116 valence electrons. The molecule has 1 saturated carbocycles. The Kier molecular flexibility index (Phi) is 3.68. The van der Waals surface area contributed by atoms with E-state index in [9.17, 15) is 8.78 Å². The third-order valence-corrected chi connectivity index (χ3v) is 4.75. The van der Waals surface area contributed by atoms with Gasteiger partial charge in [0.15, 0.2) is 0 Å². The van der Waals surface area contributed by atoms with Crippen LogP contribution in [0.1, 0.15) is 46.0 Å². The van der Waals surface area contributed by atoms with Crippen molar-refractivity contribution in [1.82, 2.24) is 5.32 Å². The molecule has 1 heterocycles. The fourth-order valence-electron chi connectivity index (χ4n) is 4.16. The minimum atomic E-state index is -0.460. The largest absolute Gasteiger partial charge is 0.363 e. The van der Waals surface area contributed by atoms with Crippen molar-refractivity contribution in [3.63, 3.8) is 0 Å². The third-order valence-electron chi connectivity index (χ3n) is 4.75. The van der Waals surface area contributed by atoms with E-state index in [1.54, 1.807) is 0 Å². The van der Waals surface area contributed by atoms with E-state index in [0.717, 1.165) is 12.8 Å². The summed E-state index contributed by atoms with van der Waals surface area (Å²) in [6.45, 7) is 5.55. The summed E-state index contributed by atoms with van der Waals surface area (Å²) >= 11 is 0. The Labute approximate surface area is 125 Å². The minimum absolute atomic E-state index is 0.00524. The molecule has 1 saturated heterocycles. The first kappa shape index (κ1) is 14.8. The maximum Gasteiger partial charge on any atom is 0.149 e. The smallest absolute Gasteiger partial charge is 0.149 e. The zero-order valence-electron chi connectivity index (χ0n) is 12.9. The van der Waals surface area contributed by atoms with Crippen LogP contribution in [-0.2, 0) is 0 Å². The molecule has 4 heteroatoms. The van der Waals surface area contributed by atoms with E-state index in [1.165, 1.54) is 37.5 Å². The van der Waals surface area contributed by atoms with Crippen LogP contribution in [0, 0.1) is 11.6 Å². The first-order valence-electron chi connectivity index (χ1n) is 7.89. The second-order valence-electron chi connectivity index (χ2n) is 7.28. The molecule has 1 aliphatic carbocycles. The molecule has 0 unspecified atom stereocenters. The van der Waals surface area contributed by atoms with Gasteiger partial charge in [0.05, 0.1) is 0 Å². The van der Waals surface area contributed by atoms with Crippen LogP contribution in [0.4, 0.5) is 14.5 Å².